The molecule has 0 fully saturated rings. The van der Waals surface area contributed by atoms with E-state index in [2.05, 4.69) is 24.3 Å². The van der Waals surface area contributed by atoms with Gasteiger partial charge in [-0.3, -0.25) is 0 Å². The molecule has 5 rings (SSSR count). The third-order valence-corrected chi connectivity index (χ3v) is 7.18. The van der Waals surface area contributed by atoms with Crippen molar-refractivity contribution in [1.82, 2.24) is 4.98 Å². The molecular formula is C35H33NO5. The Hall–Kier alpha value is -4.84. The van der Waals surface area contributed by atoms with Gasteiger partial charge < -0.3 is 19.0 Å². The van der Waals surface area contributed by atoms with Crippen molar-refractivity contribution >= 4 is 5.97 Å². The summed E-state index contributed by atoms with van der Waals surface area (Å²) in [6, 6.07) is 31.5. The second kappa shape index (κ2) is 12.6. The molecule has 6 nitrogen and oxygen atoms in total. The second-order valence-electron chi connectivity index (χ2n) is 10.1. The number of hydrogen-bond donors (Lipinski definition) is 1. The Kier molecular flexibility index (Phi) is 8.49. The second-order valence-corrected chi connectivity index (χ2v) is 10.1. The normalized spacial score (nSPS) is 11.7. The van der Waals surface area contributed by atoms with E-state index in [-0.39, 0.29) is 6.42 Å². The molecule has 0 saturated heterocycles. The first-order valence-electron chi connectivity index (χ1n) is 13.7. The van der Waals surface area contributed by atoms with Crippen molar-refractivity contribution in [2.24, 2.45) is 0 Å². The molecule has 208 valence electrons. The number of aromatic nitrogens is 1. The molecular weight excluding hydrogens is 514 g/mol. The Morgan fingerprint density at radius 2 is 1.51 bits per heavy atom. The lowest BCUT2D eigenvalue weighted by Crippen LogP contribution is -2.29. The third kappa shape index (κ3) is 6.84. The van der Waals surface area contributed by atoms with Crippen LogP contribution in [0.2, 0.25) is 0 Å². The summed E-state index contributed by atoms with van der Waals surface area (Å²) in [6.45, 7) is 6.26. The van der Waals surface area contributed by atoms with Gasteiger partial charge in [-0.1, -0.05) is 66.7 Å². The predicted molar refractivity (Wildman–Crippen MR) is 159 cm³/mol. The SMILES string of the molecule is Cc1cccc(OC(Cc2ccc(OCCc3nc(-c4ccc(-c5ccccc5)cc4)oc3C)cc2)C(=O)O)c1C. The fourth-order valence-electron chi connectivity index (χ4n) is 4.61. The molecule has 1 aromatic heterocycles. The van der Waals surface area contributed by atoms with Crippen molar-refractivity contribution in [1.29, 1.82) is 0 Å². The number of aliphatic carboxylic acids is 1. The summed E-state index contributed by atoms with van der Waals surface area (Å²) in [7, 11) is 0. The molecule has 1 unspecified atom stereocenters. The van der Waals surface area contributed by atoms with Crippen LogP contribution in [0, 0.1) is 20.8 Å². The van der Waals surface area contributed by atoms with Gasteiger partial charge in [0.2, 0.25) is 5.89 Å². The minimum Gasteiger partial charge on any atom is -0.493 e. The van der Waals surface area contributed by atoms with E-state index >= 15 is 0 Å². The van der Waals surface area contributed by atoms with Gasteiger partial charge in [0.25, 0.3) is 0 Å². The quantitative estimate of drug-likeness (QED) is 0.183. The molecule has 0 aliphatic carbocycles. The van der Waals surface area contributed by atoms with Crippen LogP contribution in [-0.4, -0.2) is 28.8 Å². The van der Waals surface area contributed by atoms with E-state index in [4.69, 9.17) is 18.9 Å². The number of ether oxygens (including phenoxy) is 2. The maximum Gasteiger partial charge on any atom is 0.345 e. The molecule has 0 bridgehead atoms. The summed E-state index contributed by atoms with van der Waals surface area (Å²) in [6.07, 6.45) is -0.138. The largest absolute Gasteiger partial charge is 0.493 e. The van der Waals surface area contributed by atoms with Gasteiger partial charge in [0, 0.05) is 18.4 Å². The third-order valence-electron chi connectivity index (χ3n) is 7.18. The van der Waals surface area contributed by atoms with Crippen LogP contribution in [0.5, 0.6) is 11.5 Å². The predicted octanol–water partition coefficient (Wildman–Crippen LogP) is 7.63. The number of nitrogens with zero attached hydrogens (tertiary/aromatic N) is 1. The van der Waals surface area contributed by atoms with Gasteiger partial charge in [-0.25, -0.2) is 9.78 Å². The topological polar surface area (TPSA) is 81.8 Å². The smallest absolute Gasteiger partial charge is 0.345 e. The van der Waals surface area contributed by atoms with Crippen molar-refractivity contribution in [3.8, 4) is 34.1 Å². The van der Waals surface area contributed by atoms with Crippen LogP contribution in [0.3, 0.4) is 0 Å². The summed E-state index contributed by atoms with van der Waals surface area (Å²) in [5.41, 5.74) is 6.95. The molecule has 41 heavy (non-hydrogen) atoms. The minimum atomic E-state index is -0.999. The van der Waals surface area contributed by atoms with Gasteiger partial charge in [0.15, 0.2) is 6.10 Å². The highest BCUT2D eigenvalue weighted by Gasteiger charge is 2.21. The number of hydrogen-bond acceptors (Lipinski definition) is 5. The van der Waals surface area contributed by atoms with Crippen molar-refractivity contribution in [3.05, 3.63) is 125 Å². The molecule has 5 aromatic rings. The number of benzene rings is 4. The Morgan fingerprint density at radius 1 is 0.829 bits per heavy atom. The van der Waals surface area contributed by atoms with E-state index in [1.165, 1.54) is 5.56 Å². The first-order valence-corrected chi connectivity index (χ1v) is 13.7. The van der Waals surface area contributed by atoms with E-state index < -0.39 is 12.1 Å². The van der Waals surface area contributed by atoms with Gasteiger partial charge in [-0.15, -0.1) is 0 Å². The average Bonchev–Trinajstić information content (AvgIpc) is 3.36. The van der Waals surface area contributed by atoms with Gasteiger partial charge in [-0.2, -0.15) is 0 Å². The van der Waals surface area contributed by atoms with Crippen LogP contribution in [-0.2, 0) is 17.6 Å². The lowest BCUT2D eigenvalue weighted by Gasteiger charge is -2.18. The van der Waals surface area contributed by atoms with Gasteiger partial charge in [0.05, 0.1) is 12.3 Å². The highest BCUT2D eigenvalue weighted by Crippen LogP contribution is 2.27. The first kappa shape index (κ1) is 27.7. The number of carbonyl (C=O) groups is 1. The van der Waals surface area contributed by atoms with Crippen LogP contribution in [0.15, 0.2) is 101 Å². The van der Waals surface area contributed by atoms with Gasteiger partial charge in [0.1, 0.15) is 17.3 Å². The summed E-state index contributed by atoms with van der Waals surface area (Å²) in [5, 5.41) is 9.73. The molecule has 1 atom stereocenters. The van der Waals surface area contributed by atoms with Crippen LogP contribution in [0.25, 0.3) is 22.6 Å². The maximum absolute atomic E-state index is 11.9. The van der Waals surface area contributed by atoms with E-state index in [0.717, 1.165) is 39.3 Å². The van der Waals surface area contributed by atoms with Crippen LogP contribution in [0.1, 0.15) is 28.1 Å². The molecule has 0 aliphatic rings. The highest BCUT2D eigenvalue weighted by atomic mass is 16.5. The molecule has 0 radical (unpaired) electrons. The number of carboxylic acid groups (broad SMARTS) is 1. The molecule has 4 aromatic carbocycles. The van der Waals surface area contributed by atoms with E-state index in [1.807, 2.05) is 87.5 Å². The molecule has 0 spiro atoms. The average molecular weight is 548 g/mol. The lowest BCUT2D eigenvalue weighted by molar-refractivity contribution is -0.145. The molecule has 6 heteroatoms. The van der Waals surface area contributed by atoms with Crippen molar-refractivity contribution < 1.29 is 23.8 Å². The van der Waals surface area contributed by atoms with Crippen molar-refractivity contribution in [3.63, 3.8) is 0 Å². The van der Waals surface area contributed by atoms with Crippen molar-refractivity contribution in [2.45, 2.75) is 39.7 Å². The zero-order valence-electron chi connectivity index (χ0n) is 23.5. The Bertz CT molecular complexity index is 1610. The Morgan fingerprint density at radius 3 is 2.22 bits per heavy atom. The fraction of sp³-hybridized carbons (Fsp3) is 0.200. The van der Waals surface area contributed by atoms with Gasteiger partial charge in [-0.05, 0) is 78.9 Å². The maximum atomic E-state index is 11.9. The van der Waals surface area contributed by atoms with E-state index in [9.17, 15) is 9.90 Å². The minimum absolute atomic E-state index is 0.246. The molecule has 0 amide bonds. The summed E-state index contributed by atoms with van der Waals surface area (Å²) >= 11 is 0. The highest BCUT2D eigenvalue weighted by molar-refractivity contribution is 5.73. The molecule has 1 N–H and O–H groups in total. The number of carboxylic acids is 1. The zero-order valence-corrected chi connectivity index (χ0v) is 23.5. The molecule has 0 aliphatic heterocycles. The summed E-state index contributed by atoms with van der Waals surface area (Å²) in [5.74, 6) is 1.66. The number of rotatable bonds is 11. The number of oxazole rings is 1. The monoisotopic (exact) mass is 547 g/mol. The Labute approximate surface area is 240 Å². The molecule has 0 saturated carbocycles. The molecule has 1 heterocycles. The lowest BCUT2D eigenvalue weighted by atomic mass is 10.0. The van der Waals surface area contributed by atoms with Crippen LogP contribution < -0.4 is 9.47 Å². The summed E-state index contributed by atoms with van der Waals surface area (Å²) in [4.78, 5) is 16.6. The van der Waals surface area contributed by atoms with Crippen molar-refractivity contribution in [2.75, 3.05) is 6.61 Å². The summed E-state index contributed by atoms with van der Waals surface area (Å²) < 4.78 is 17.8. The number of aryl methyl sites for hydroxylation is 2. The van der Waals surface area contributed by atoms with Crippen LogP contribution >= 0.6 is 0 Å². The Balaban J connectivity index is 1.15. The van der Waals surface area contributed by atoms with E-state index in [1.54, 1.807) is 6.07 Å². The van der Waals surface area contributed by atoms with Crippen LogP contribution in [0.4, 0.5) is 0 Å². The first-order chi connectivity index (χ1) is 19.9. The standard InChI is InChI=1S/C35H33NO5/c1-23-8-7-11-32(24(23)2)41-33(35(37)38)22-26-12-18-30(19-13-26)39-21-20-31-25(3)40-34(36-31)29-16-14-28(15-17-29)27-9-5-4-6-10-27/h4-19,33H,20-22H2,1-3H3,(H,37,38). The van der Waals surface area contributed by atoms with E-state index in [0.29, 0.717) is 30.4 Å². The fourth-order valence-corrected chi connectivity index (χ4v) is 4.61. The zero-order chi connectivity index (χ0) is 28.8. The van der Waals surface area contributed by atoms with Gasteiger partial charge >= 0.3 is 5.97 Å².